The van der Waals surface area contributed by atoms with Crippen molar-refractivity contribution in [2.45, 2.75) is 12.6 Å². The number of Topliss-reactive ketones (excluding diaryl/α,β-unsaturated/α-hetero) is 1. The normalized spacial score (nSPS) is 11.2. The van der Waals surface area contributed by atoms with Gasteiger partial charge in [-0.15, -0.1) is 0 Å². The molecular formula is C16H13F3O2. The number of ether oxygens (including phenoxy) is 1. The third kappa shape index (κ3) is 3.62. The van der Waals surface area contributed by atoms with Crippen LogP contribution < -0.4 is 4.74 Å². The zero-order valence-electron chi connectivity index (χ0n) is 11.3. The SMILES string of the molecule is COc1ccccc1C(=O)Cc1cccc(C(F)(F)F)c1. The second kappa shape index (κ2) is 5.99. The van der Waals surface area contributed by atoms with E-state index in [9.17, 15) is 18.0 Å². The number of halogens is 3. The third-order valence-electron chi connectivity index (χ3n) is 3.03. The molecule has 0 bridgehead atoms. The highest BCUT2D eigenvalue weighted by Gasteiger charge is 2.30. The molecule has 0 aliphatic heterocycles. The Kier molecular flexibility index (Phi) is 4.31. The maximum absolute atomic E-state index is 12.6. The van der Waals surface area contributed by atoms with Crippen LogP contribution >= 0.6 is 0 Å². The summed E-state index contributed by atoms with van der Waals surface area (Å²) < 4.78 is 43.0. The smallest absolute Gasteiger partial charge is 0.416 e. The number of carbonyl (C=O) groups is 1. The molecular weight excluding hydrogens is 281 g/mol. The number of ketones is 1. The molecule has 2 aromatic rings. The van der Waals surface area contributed by atoms with Crippen molar-refractivity contribution in [3.8, 4) is 5.75 Å². The van der Waals surface area contributed by atoms with E-state index < -0.39 is 11.7 Å². The van der Waals surface area contributed by atoms with E-state index >= 15 is 0 Å². The molecule has 0 N–H and O–H groups in total. The van der Waals surface area contributed by atoms with Gasteiger partial charge in [0, 0.05) is 6.42 Å². The second-order valence-electron chi connectivity index (χ2n) is 4.50. The van der Waals surface area contributed by atoms with Gasteiger partial charge in [-0.2, -0.15) is 13.2 Å². The zero-order chi connectivity index (χ0) is 15.5. The van der Waals surface area contributed by atoms with E-state index in [4.69, 9.17) is 4.74 Å². The van der Waals surface area contributed by atoms with Gasteiger partial charge >= 0.3 is 6.18 Å². The summed E-state index contributed by atoms with van der Waals surface area (Å²) in [5.41, 5.74) is -0.0778. The number of benzene rings is 2. The fourth-order valence-electron chi connectivity index (χ4n) is 2.01. The molecule has 0 saturated heterocycles. The van der Waals surface area contributed by atoms with Gasteiger partial charge in [-0.25, -0.2) is 0 Å². The monoisotopic (exact) mass is 294 g/mol. The highest BCUT2D eigenvalue weighted by atomic mass is 19.4. The average molecular weight is 294 g/mol. The Morgan fingerprint density at radius 1 is 1.10 bits per heavy atom. The van der Waals surface area contributed by atoms with Gasteiger partial charge in [-0.1, -0.05) is 30.3 Å². The molecule has 2 rings (SSSR count). The molecule has 0 atom stereocenters. The topological polar surface area (TPSA) is 26.3 Å². The van der Waals surface area contributed by atoms with Gasteiger partial charge in [0.1, 0.15) is 5.75 Å². The first-order valence-corrected chi connectivity index (χ1v) is 6.24. The first kappa shape index (κ1) is 15.1. The first-order chi connectivity index (χ1) is 9.91. The summed E-state index contributed by atoms with van der Waals surface area (Å²) in [5, 5.41) is 0. The van der Waals surface area contributed by atoms with Crippen molar-refractivity contribution in [2.75, 3.05) is 7.11 Å². The lowest BCUT2D eigenvalue weighted by Gasteiger charge is -2.10. The minimum Gasteiger partial charge on any atom is -0.496 e. The molecule has 0 fully saturated rings. The van der Waals surface area contributed by atoms with E-state index in [1.54, 1.807) is 24.3 Å². The predicted molar refractivity (Wildman–Crippen MR) is 72.5 cm³/mol. The predicted octanol–water partition coefficient (Wildman–Crippen LogP) is 4.14. The largest absolute Gasteiger partial charge is 0.496 e. The van der Waals surface area contributed by atoms with Crippen LogP contribution in [0.25, 0.3) is 0 Å². The summed E-state index contributed by atoms with van der Waals surface area (Å²) >= 11 is 0. The Hall–Kier alpha value is -2.30. The van der Waals surface area contributed by atoms with Gasteiger partial charge in [-0.3, -0.25) is 4.79 Å². The highest BCUT2D eigenvalue weighted by Crippen LogP contribution is 2.30. The lowest BCUT2D eigenvalue weighted by atomic mass is 10.0. The molecule has 0 unspecified atom stereocenters. The van der Waals surface area contributed by atoms with Crippen molar-refractivity contribution >= 4 is 5.78 Å². The number of rotatable bonds is 4. The van der Waals surface area contributed by atoms with Crippen LogP contribution in [-0.4, -0.2) is 12.9 Å². The van der Waals surface area contributed by atoms with Gasteiger partial charge in [0.05, 0.1) is 18.2 Å². The van der Waals surface area contributed by atoms with Crippen LogP contribution in [-0.2, 0) is 12.6 Å². The quantitative estimate of drug-likeness (QED) is 0.792. The van der Waals surface area contributed by atoms with E-state index in [1.807, 2.05) is 0 Å². The van der Waals surface area contributed by atoms with Gasteiger partial charge in [0.15, 0.2) is 5.78 Å². The summed E-state index contributed by atoms with van der Waals surface area (Å²) in [6.45, 7) is 0. The maximum atomic E-state index is 12.6. The average Bonchev–Trinajstić information content (AvgIpc) is 2.46. The van der Waals surface area contributed by atoms with E-state index in [2.05, 4.69) is 0 Å². The van der Waals surface area contributed by atoms with Gasteiger partial charge in [-0.05, 0) is 23.8 Å². The van der Waals surface area contributed by atoms with Crippen molar-refractivity contribution < 1.29 is 22.7 Å². The molecule has 0 amide bonds. The van der Waals surface area contributed by atoms with E-state index in [-0.39, 0.29) is 12.2 Å². The van der Waals surface area contributed by atoms with Crippen LogP contribution in [0.4, 0.5) is 13.2 Å². The lowest BCUT2D eigenvalue weighted by molar-refractivity contribution is -0.137. The van der Waals surface area contributed by atoms with Gasteiger partial charge in [0.25, 0.3) is 0 Å². The second-order valence-corrected chi connectivity index (χ2v) is 4.50. The molecule has 2 nitrogen and oxygen atoms in total. The Morgan fingerprint density at radius 2 is 1.81 bits per heavy atom. The molecule has 2 aromatic carbocycles. The number of hydrogen-bond acceptors (Lipinski definition) is 2. The molecule has 0 heterocycles. The summed E-state index contributed by atoms with van der Waals surface area (Å²) in [7, 11) is 1.44. The summed E-state index contributed by atoms with van der Waals surface area (Å²) in [4.78, 5) is 12.2. The Balaban J connectivity index is 2.24. The fourth-order valence-corrected chi connectivity index (χ4v) is 2.01. The maximum Gasteiger partial charge on any atom is 0.416 e. The van der Waals surface area contributed by atoms with E-state index in [0.29, 0.717) is 16.9 Å². The molecule has 21 heavy (non-hydrogen) atoms. The molecule has 0 saturated carbocycles. The molecule has 0 radical (unpaired) electrons. The van der Waals surface area contributed by atoms with Crippen molar-refractivity contribution in [3.63, 3.8) is 0 Å². The molecule has 0 aliphatic carbocycles. The molecule has 0 spiro atoms. The Labute approximate surface area is 120 Å². The highest BCUT2D eigenvalue weighted by molar-refractivity contribution is 5.99. The summed E-state index contributed by atoms with van der Waals surface area (Å²) in [5.74, 6) is 0.126. The van der Waals surface area contributed by atoms with E-state index in [0.717, 1.165) is 12.1 Å². The first-order valence-electron chi connectivity index (χ1n) is 6.24. The number of methoxy groups -OCH3 is 1. The Bertz CT molecular complexity index is 648. The number of alkyl halides is 3. The van der Waals surface area contributed by atoms with Crippen LogP contribution in [0, 0.1) is 0 Å². The Morgan fingerprint density at radius 3 is 2.48 bits per heavy atom. The number of hydrogen-bond donors (Lipinski definition) is 0. The van der Waals surface area contributed by atoms with Crippen LogP contribution in [0.15, 0.2) is 48.5 Å². The number of para-hydroxylation sites is 1. The fraction of sp³-hybridized carbons (Fsp3) is 0.188. The molecule has 0 aliphatic rings. The van der Waals surface area contributed by atoms with Gasteiger partial charge < -0.3 is 4.74 Å². The van der Waals surface area contributed by atoms with E-state index in [1.165, 1.54) is 19.2 Å². The van der Waals surface area contributed by atoms with Crippen LogP contribution in [0.5, 0.6) is 5.75 Å². The van der Waals surface area contributed by atoms with Crippen LogP contribution in [0.1, 0.15) is 21.5 Å². The van der Waals surface area contributed by atoms with Crippen LogP contribution in [0.3, 0.4) is 0 Å². The lowest BCUT2D eigenvalue weighted by Crippen LogP contribution is -2.08. The minimum atomic E-state index is -4.41. The van der Waals surface area contributed by atoms with Crippen molar-refractivity contribution in [1.29, 1.82) is 0 Å². The zero-order valence-corrected chi connectivity index (χ0v) is 11.3. The van der Waals surface area contributed by atoms with Crippen LogP contribution in [0.2, 0.25) is 0 Å². The molecule has 5 heteroatoms. The van der Waals surface area contributed by atoms with Crippen molar-refractivity contribution in [2.24, 2.45) is 0 Å². The summed E-state index contributed by atoms with van der Waals surface area (Å²) in [6.07, 6.45) is -4.52. The third-order valence-corrected chi connectivity index (χ3v) is 3.03. The van der Waals surface area contributed by atoms with Gasteiger partial charge in [0.2, 0.25) is 0 Å². The molecule has 110 valence electrons. The van der Waals surface area contributed by atoms with Crippen molar-refractivity contribution in [3.05, 3.63) is 65.2 Å². The van der Waals surface area contributed by atoms with Crippen molar-refractivity contribution in [1.82, 2.24) is 0 Å². The summed E-state index contributed by atoms with van der Waals surface area (Å²) in [6, 6.07) is 11.4. The molecule has 0 aromatic heterocycles. The standard InChI is InChI=1S/C16H13F3O2/c1-21-15-8-3-2-7-13(15)14(20)10-11-5-4-6-12(9-11)16(17,18)19/h2-9H,10H2,1H3. The minimum absolute atomic E-state index is 0.107. The number of carbonyl (C=O) groups excluding carboxylic acids is 1.